The van der Waals surface area contributed by atoms with Gasteiger partial charge >= 0.3 is 0 Å². The summed E-state index contributed by atoms with van der Waals surface area (Å²) in [6, 6.07) is 0.481. The van der Waals surface area contributed by atoms with Crippen molar-refractivity contribution in [1.29, 1.82) is 0 Å². The molecule has 15 heavy (non-hydrogen) atoms. The van der Waals surface area contributed by atoms with Crippen LogP contribution in [0.4, 0.5) is 0 Å². The summed E-state index contributed by atoms with van der Waals surface area (Å²) in [5.74, 6) is 3.42. The molecule has 90 valence electrons. The second-order valence-corrected chi connectivity index (χ2v) is 5.99. The van der Waals surface area contributed by atoms with Gasteiger partial charge < -0.3 is 5.73 Å². The van der Waals surface area contributed by atoms with Gasteiger partial charge in [-0.1, -0.05) is 34.1 Å². The van der Waals surface area contributed by atoms with Crippen LogP contribution in [-0.2, 0) is 0 Å². The highest BCUT2D eigenvalue weighted by molar-refractivity contribution is 4.84. The van der Waals surface area contributed by atoms with E-state index in [1.54, 1.807) is 0 Å². The second kappa shape index (κ2) is 5.89. The fourth-order valence-corrected chi connectivity index (χ4v) is 2.88. The van der Waals surface area contributed by atoms with Crippen LogP contribution < -0.4 is 5.73 Å². The van der Waals surface area contributed by atoms with E-state index < -0.39 is 0 Å². The van der Waals surface area contributed by atoms with Crippen LogP contribution in [0.25, 0.3) is 0 Å². The minimum absolute atomic E-state index is 0.481. The number of hydrogen-bond donors (Lipinski definition) is 1. The molecule has 2 N–H and O–H groups in total. The molecule has 0 aromatic heterocycles. The zero-order chi connectivity index (χ0) is 11.4. The first kappa shape index (κ1) is 13.0. The van der Waals surface area contributed by atoms with Crippen molar-refractivity contribution in [3.63, 3.8) is 0 Å². The molecule has 0 aromatic rings. The lowest BCUT2D eigenvalue weighted by molar-refractivity contribution is 0.167. The smallest absolute Gasteiger partial charge is 0.00674 e. The predicted molar refractivity (Wildman–Crippen MR) is 67.7 cm³/mol. The first-order valence-corrected chi connectivity index (χ1v) is 6.80. The van der Waals surface area contributed by atoms with E-state index in [9.17, 15) is 0 Å². The first-order chi connectivity index (χ1) is 7.04. The third-order valence-corrected chi connectivity index (χ3v) is 4.43. The van der Waals surface area contributed by atoms with E-state index in [0.717, 1.165) is 23.7 Å². The van der Waals surface area contributed by atoms with Crippen molar-refractivity contribution in [2.75, 3.05) is 0 Å². The molecular formula is C14H29N. The molecular weight excluding hydrogens is 182 g/mol. The second-order valence-electron chi connectivity index (χ2n) is 5.99. The van der Waals surface area contributed by atoms with Gasteiger partial charge in [-0.3, -0.25) is 0 Å². The van der Waals surface area contributed by atoms with Gasteiger partial charge in [0, 0.05) is 6.04 Å². The van der Waals surface area contributed by atoms with E-state index in [4.69, 9.17) is 5.73 Å². The Labute approximate surface area is 95.8 Å². The highest BCUT2D eigenvalue weighted by Crippen LogP contribution is 2.36. The Balaban J connectivity index is 2.46. The maximum absolute atomic E-state index is 6.24. The van der Waals surface area contributed by atoms with Crippen LogP contribution in [0.5, 0.6) is 0 Å². The van der Waals surface area contributed by atoms with Gasteiger partial charge in [0.25, 0.3) is 0 Å². The van der Waals surface area contributed by atoms with E-state index >= 15 is 0 Å². The molecule has 1 nitrogen and oxygen atoms in total. The number of nitrogens with two attached hydrogens (primary N) is 1. The molecule has 0 bridgehead atoms. The van der Waals surface area contributed by atoms with Gasteiger partial charge in [0.1, 0.15) is 0 Å². The summed E-state index contributed by atoms with van der Waals surface area (Å²) >= 11 is 0. The van der Waals surface area contributed by atoms with Crippen LogP contribution in [0.15, 0.2) is 0 Å². The average Bonchev–Trinajstić information content (AvgIpc) is 2.20. The first-order valence-electron chi connectivity index (χ1n) is 6.80. The zero-order valence-electron chi connectivity index (χ0n) is 11.0. The maximum atomic E-state index is 6.24. The monoisotopic (exact) mass is 211 g/mol. The molecule has 0 amide bonds. The van der Waals surface area contributed by atoms with E-state index in [1.807, 2.05) is 0 Å². The van der Waals surface area contributed by atoms with Crippen molar-refractivity contribution in [3.05, 3.63) is 0 Å². The molecule has 0 radical (unpaired) electrons. The van der Waals surface area contributed by atoms with E-state index in [0.29, 0.717) is 6.04 Å². The van der Waals surface area contributed by atoms with Crippen molar-refractivity contribution < 1.29 is 0 Å². The summed E-state index contributed by atoms with van der Waals surface area (Å²) in [7, 11) is 0. The largest absolute Gasteiger partial charge is 0.327 e. The standard InChI is InChI=1S/C14H29N/c1-5-11(4)8-13-9-12(10(2)3)6-7-14(13)15/h10-14H,5-9,15H2,1-4H3. The zero-order valence-corrected chi connectivity index (χ0v) is 11.0. The van der Waals surface area contributed by atoms with Crippen LogP contribution in [-0.4, -0.2) is 6.04 Å². The molecule has 1 saturated carbocycles. The average molecular weight is 211 g/mol. The van der Waals surface area contributed by atoms with Crippen LogP contribution in [0.2, 0.25) is 0 Å². The summed E-state index contributed by atoms with van der Waals surface area (Å²) in [5, 5.41) is 0. The summed E-state index contributed by atoms with van der Waals surface area (Å²) in [5.41, 5.74) is 6.24. The molecule has 0 saturated heterocycles. The fraction of sp³-hybridized carbons (Fsp3) is 1.00. The van der Waals surface area contributed by atoms with Crippen molar-refractivity contribution in [1.82, 2.24) is 0 Å². The number of hydrogen-bond acceptors (Lipinski definition) is 1. The molecule has 0 spiro atoms. The SMILES string of the molecule is CCC(C)CC1CC(C(C)C)CCC1N. The minimum Gasteiger partial charge on any atom is -0.327 e. The lowest BCUT2D eigenvalue weighted by atomic mass is 9.71. The van der Waals surface area contributed by atoms with Crippen LogP contribution in [0.1, 0.15) is 59.8 Å². The summed E-state index contributed by atoms with van der Waals surface area (Å²) in [6.45, 7) is 9.38. The van der Waals surface area contributed by atoms with E-state index in [2.05, 4.69) is 27.7 Å². The van der Waals surface area contributed by atoms with Crippen LogP contribution in [0, 0.1) is 23.7 Å². The van der Waals surface area contributed by atoms with Gasteiger partial charge in [-0.05, 0) is 49.4 Å². The molecule has 4 atom stereocenters. The maximum Gasteiger partial charge on any atom is 0.00674 e. The fourth-order valence-electron chi connectivity index (χ4n) is 2.88. The predicted octanol–water partition coefficient (Wildman–Crippen LogP) is 3.82. The number of rotatable bonds is 4. The molecule has 1 rings (SSSR count). The van der Waals surface area contributed by atoms with Crippen LogP contribution >= 0.6 is 0 Å². The summed E-state index contributed by atoms with van der Waals surface area (Å²) in [6.07, 6.45) is 6.64. The van der Waals surface area contributed by atoms with E-state index in [-0.39, 0.29) is 0 Å². The van der Waals surface area contributed by atoms with Gasteiger partial charge in [-0.2, -0.15) is 0 Å². The summed E-state index contributed by atoms with van der Waals surface area (Å²) < 4.78 is 0. The highest BCUT2D eigenvalue weighted by Gasteiger charge is 2.30. The normalized spacial score (nSPS) is 34.4. The molecule has 0 aliphatic heterocycles. The Hall–Kier alpha value is -0.0400. The Morgan fingerprint density at radius 3 is 2.40 bits per heavy atom. The van der Waals surface area contributed by atoms with Gasteiger partial charge in [-0.15, -0.1) is 0 Å². The third-order valence-electron chi connectivity index (χ3n) is 4.43. The van der Waals surface area contributed by atoms with Gasteiger partial charge in [0.2, 0.25) is 0 Å². The molecule has 0 heterocycles. The Morgan fingerprint density at radius 2 is 1.87 bits per heavy atom. The van der Waals surface area contributed by atoms with Crippen molar-refractivity contribution in [2.24, 2.45) is 29.4 Å². The minimum atomic E-state index is 0.481. The molecule has 1 fully saturated rings. The molecule has 1 heteroatoms. The topological polar surface area (TPSA) is 26.0 Å². The lowest BCUT2D eigenvalue weighted by Crippen LogP contribution is -2.38. The van der Waals surface area contributed by atoms with E-state index in [1.165, 1.54) is 32.1 Å². The highest BCUT2D eigenvalue weighted by atomic mass is 14.7. The van der Waals surface area contributed by atoms with Gasteiger partial charge in [0.05, 0.1) is 0 Å². The molecule has 0 aromatic carbocycles. The Morgan fingerprint density at radius 1 is 1.20 bits per heavy atom. The Kier molecular flexibility index (Phi) is 5.11. The summed E-state index contributed by atoms with van der Waals surface area (Å²) in [4.78, 5) is 0. The van der Waals surface area contributed by atoms with Crippen molar-refractivity contribution in [3.8, 4) is 0 Å². The van der Waals surface area contributed by atoms with Crippen molar-refractivity contribution >= 4 is 0 Å². The van der Waals surface area contributed by atoms with Gasteiger partial charge in [0.15, 0.2) is 0 Å². The third kappa shape index (κ3) is 3.79. The van der Waals surface area contributed by atoms with Gasteiger partial charge in [-0.25, -0.2) is 0 Å². The van der Waals surface area contributed by atoms with Crippen molar-refractivity contribution in [2.45, 2.75) is 65.8 Å². The molecule has 4 unspecified atom stereocenters. The quantitative estimate of drug-likeness (QED) is 0.751. The Bertz CT molecular complexity index is 176. The molecule has 1 aliphatic carbocycles. The molecule has 1 aliphatic rings. The van der Waals surface area contributed by atoms with Crippen LogP contribution in [0.3, 0.4) is 0 Å². The lowest BCUT2D eigenvalue weighted by Gasteiger charge is -2.37.